The Morgan fingerprint density at radius 1 is 1.15 bits per heavy atom. The number of aliphatic carboxylic acids is 1. The van der Waals surface area contributed by atoms with Gasteiger partial charge in [0.05, 0.1) is 0 Å². The Morgan fingerprint density at radius 3 is 2.65 bits per heavy atom. The molecule has 2 aliphatic heterocycles. The first-order valence-corrected chi connectivity index (χ1v) is 7.02. The fourth-order valence-corrected chi connectivity index (χ4v) is 3.09. The second-order valence-corrected chi connectivity index (χ2v) is 5.41. The first-order valence-electron chi connectivity index (χ1n) is 7.02. The number of nitrogens with zero attached hydrogens (tertiary/aromatic N) is 2. The van der Waals surface area contributed by atoms with Gasteiger partial charge in [-0.2, -0.15) is 0 Å². The van der Waals surface area contributed by atoms with E-state index in [-0.39, 0.29) is 6.03 Å². The molecule has 0 unspecified atom stereocenters. The lowest BCUT2D eigenvalue weighted by Gasteiger charge is -2.33. The van der Waals surface area contributed by atoms with Gasteiger partial charge in [-0.1, -0.05) is 24.3 Å². The van der Waals surface area contributed by atoms with Gasteiger partial charge in [0, 0.05) is 19.6 Å². The van der Waals surface area contributed by atoms with E-state index < -0.39 is 12.0 Å². The monoisotopic (exact) mass is 274 g/mol. The second kappa shape index (κ2) is 5.15. The standard InChI is InChI=1S/C15H18N2O3/c18-14(19)13-6-3-8-17(13)15(20)16-9-7-11-4-1-2-5-12(11)10-16/h1-2,4-5,13H,3,6-10H2,(H,18,19)/t13-/m0/s1. The summed E-state index contributed by atoms with van der Waals surface area (Å²) in [6.45, 7) is 1.80. The van der Waals surface area contributed by atoms with Crippen LogP contribution in [-0.4, -0.2) is 46.0 Å². The summed E-state index contributed by atoms with van der Waals surface area (Å²) >= 11 is 0. The van der Waals surface area contributed by atoms with Crippen molar-refractivity contribution in [2.75, 3.05) is 13.1 Å². The normalized spacial score (nSPS) is 21.7. The number of carboxylic acid groups (broad SMARTS) is 1. The summed E-state index contributed by atoms with van der Waals surface area (Å²) in [6, 6.07) is 7.32. The average molecular weight is 274 g/mol. The Bertz CT molecular complexity index is 544. The van der Waals surface area contributed by atoms with E-state index in [0.717, 1.165) is 18.4 Å². The molecule has 1 N–H and O–H groups in total. The number of urea groups is 1. The Balaban J connectivity index is 1.74. The molecule has 2 aliphatic rings. The largest absolute Gasteiger partial charge is 0.480 e. The Morgan fingerprint density at radius 2 is 1.90 bits per heavy atom. The molecule has 0 spiro atoms. The number of carbonyl (C=O) groups is 2. The fraction of sp³-hybridized carbons (Fsp3) is 0.467. The molecule has 2 amide bonds. The van der Waals surface area contributed by atoms with Crippen molar-refractivity contribution < 1.29 is 14.7 Å². The number of carbonyl (C=O) groups excluding carboxylic acids is 1. The SMILES string of the molecule is O=C(O)[C@@H]1CCCN1C(=O)N1CCc2ccccc2C1. The van der Waals surface area contributed by atoms with Gasteiger partial charge in [-0.15, -0.1) is 0 Å². The van der Waals surface area contributed by atoms with Crippen LogP contribution in [0.2, 0.25) is 0 Å². The number of amides is 2. The van der Waals surface area contributed by atoms with Crippen molar-refractivity contribution in [1.82, 2.24) is 9.80 Å². The van der Waals surface area contributed by atoms with E-state index in [1.54, 1.807) is 4.90 Å². The molecule has 1 atom stereocenters. The molecule has 0 saturated carbocycles. The number of hydrogen-bond acceptors (Lipinski definition) is 2. The van der Waals surface area contributed by atoms with E-state index in [1.165, 1.54) is 10.5 Å². The van der Waals surface area contributed by atoms with Gasteiger partial charge < -0.3 is 14.9 Å². The summed E-state index contributed by atoms with van der Waals surface area (Å²) in [5, 5.41) is 9.18. The maximum absolute atomic E-state index is 12.5. The van der Waals surface area contributed by atoms with Crippen LogP contribution in [0, 0.1) is 0 Å². The van der Waals surface area contributed by atoms with Crippen molar-refractivity contribution in [3.05, 3.63) is 35.4 Å². The number of benzene rings is 1. The number of carboxylic acids is 1. The van der Waals surface area contributed by atoms with Gasteiger partial charge in [0.15, 0.2) is 0 Å². The molecule has 2 heterocycles. The molecule has 1 saturated heterocycles. The van der Waals surface area contributed by atoms with Crippen LogP contribution in [0.1, 0.15) is 24.0 Å². The second-order valence-electron chi connectivity index (χ2n) is 5.41. The zero-order chi connectivity index (χ0) is 14.1. The van der Waals surface area contributed by atoms with Crippen LogP contribution in [0.3, 0.4) is 0 Å². The number of rotatable bonds is 1. The highest BCUT2D eigenvalue weighted by molar-refractivity contribution is 5.83. The Labute approximate surface area is 117 Å². The highest BCUT2D eigenvalue weighted by atomic mass is 16.4. The highest BCUT2D eigenvalue weighted by Crippen LogP contribution is 2.23. The molecule has 0 aliphatic carbocycles. The minimum atomic E-state index is -0.895. The summed E-state index contributed by atoms with van der Waals surface area (Å²) in [6.07, 6.45) is 2.17. The van der Waals surface area contributed by atoms with E-state index in [0.29, 0.717) is 26.1 Å². The van der Waals surface area contributed by atoms with Crippen molar-refractivity contribution in [2.45, 2.75) is 31.8 Å². The van der Waals surface area contributed by atoms with Gasteiger partial charge in [0.1, 0.15) is 6.04 Å². The smallest absolute Gasteiger partial charge is 0.326 e. The molecule has 1 fully saturated rings. The predicted octanol–water partition coefficient (Wildman–Crippen LogP) is 1.71. The van der Waals surface area contributed by atoms with Gasteiger partial charge in [0.2, 0.25) is 0 Å². The minimum Gasteiger partial charge on any atom is -0.480 e. The molecule has 3 rings (SSSR count). The van der Waals surface area contributed by atoms with Crippen LogP contribution in [0.4, 0.5) is 4.79 Å². The molecular formula is C15H18N2O3. The van der Waals surface area contributed by atoms with Crippen molar-refractivity contribution in [2.24, 2.45) is 0 Å². The Kier molecular flexibility index (Phi) is 3.34. The van der Waals surface area contributed by atoms with Gasteiger partial charge in [-0.3, -0.25) is 0 Å². The van der Waals surface area contributed by atoms with E-state index in [9.17, 15) is 14.7 Å². The molecule has 5 nitrogen and oxygen atoms in total. The van der Waals surface area contributed by atoms with Gasteiger partial charge >= 0.3 is 12.0 Å². The summed E-state index contributed by atoms with van der Waals surface area (Å²) < 4.78 is 0. The lowest BCUT2D eigenvalue weighted by Crippen LogP contribution is -2.49. The number of fused-ring (bicyclic) bond motifs is 1. The minimum absolute atomic E-state index is 0.135. The first kappa shape index (κ1) is 13.0. The zero-order valence-electron chi connectivity index (χ0n) is 11.3. The van der Waals surface area contributed by atoms with Crippen LogP contribution >= 0.6 is 0 Å². The Hall–Kier alpha value is -2.04. The molecule has 5 heteroatoms. The van der Waals surface area contributed by atoms with E-state index in [1.807, 2.05) is 18.2 Å². The van der Waals surface area contributed by atoms with Crippen LogP contribution in [-0.2, 0) is 17.8 Å². The third kappa shape index (κ3) is 2.24. The zero-order valence-corrected chi connectivity index (χ0v) is 11.3. The van der Waals surface area contributed by atoms with E-state index >= 15 is 0 Å². The predicted molar refractivity (Wildman–Crippen MR) is 73.3 cm³/mol. The quantitative estimate of drug-likeness (QED) is 0.848. The van der Waals surface area contributed by atoms with Gasteiger partial charge in [-0.05, 0) is 30.4 Å². The third-order valence-electron chi connectivity index (χ3n) is 4.18. The van der Waals surface area contributed by atoms with Crippen molar-refractivity contribution in [3.8, 4) is 0 Å². The molecule has 0 radical (unpaired) electrons. The van der Waals surface area contributed by atoms with Gasteiger partial charge in [-0.25, -0.2) is 9.59 Å². The first-order chi connectivity index (χ1) is 9.66. The van der Waals surface area contributed by atoms with Crippen molar-refractivity contribution in [1.29, 1.82) is 0 Å². The van der Waals surface area contributed by atoms with Crippen LogP contribution in [0.25, 0.3) is 0 Å². The summed E-state index contributed by atoms with van der Waals surface area (Å²) in [5.41, 5.74) is 2.45. The summed E-state index contributed by atoms with van der Waals surface area (Å²) in [5.74, 6) is -0.895. The van der Waals surface area contributed by atoms with Crippen LogP contribution < -0.4 is 0 Å². The molecule has 0 aromatic heterocycles. The average Bonchev–Trinajstić information content (AvgIpc) is 2.95. The molecule has 20 heavy (non-hydrogen) atoms. The molecule has 106 valence electrons. The van der Waals surface area contributed by atoms with Gasteiger partial charge in [0.25, 0.3) is 0 Å². The van der Waals surface area contributed by atoms with Crippen LogP contribution in [0.15, 0.2) is 24.3 Å². The number of likely N-dealkylation sites (tertiary alicyclic amines) is 1. The lowest BCUT2D eigenvalue weighted by molar-refractivity contribution is -0.141. The lowest BCUT2D eigenvalue weighted by atomic mass is 10.0. The van der Waals surface area contributed by atoms with E-state index in [2.05, 4.69) is 6.07 Å². The van der Waals surface area contributed by atoms with Crippen LogP contribution in [0.5, 0.6) is 0 Å². The molecule has 1 aromatic rings. The summed E-state index contributed by atoms with van der Waals surface area (Å²) in [7, 11) is 0. The van der Waals surface area contributed by atoms with Crippen molar-refractivity contribution >= 4 is 12.0 Å². The highest BCUT2D eigenvalue weighted by Gasteiger charge is 2.36. The topological polar surface area (TPSA) is 60.9 Å². The summed E-state index contributed by atoms with van der Waals surface area (Å²) in [4.78, 5) is 27.0. The van der Waals surface area contributed by atoms with E-state index in [4.69, 9.17) is 0 Å². The maximum atomic E-state index is 12.5. The molecule has 0 bridgehead atoms. The maximum Gasteiger partial charge on any atom is 0.326 e. The fourth-order valence-electron chi connectivity index (χ4n) is 3.09. The molecule has 1 aromatic carbocycles. The molecular weight excluding hydrogens is 256 g/mol. The number of hydrogen-bond donors (Lipinski definition) is 1. The van der Waals surface area contributed by atoms with Crippen molar-refractivity contribution in [3.63, 3.8) is 0 Å². The third-order valence-corrected chi connectivity index (χ3v) is 4.18.